The summed E-state index contributed by atoms with van der Waals surface area (Å²) in [5.74, 6) is 0.763. The van der Waals surface area contributed by atoms with Crippen LogP contribution in [0.5, 0.6) is 5.75 Å². The molecule has 0 spiro atoms. The number of hydrogen-bond acceptors (Lipinski definition) is 2. The van der Waals surface area contributed by atoms with Gasteiger partial charge < -0.3 is 10.1 Å². The second kappa shape index (κ2) is 17.1. The van der Waals surface area contributed by atoms with Gasteiger partial charge in [0.2, 0.25) is 0 Å². The van der Waals surface area contributed by atoms with Crippen molar-refractivity contribution in [3.63, 3.8) is 0 Å². The molecule has 2 bridgehead atoms. The SMILES string of the molecule is C.CC.CC.CC.CC12CCC(NC(=O)COc3ccccc3)(CC1)CC2.[W]. The third-order valence-electron chi connectivity index (χ3n) is 5.14. The molecular formula is C24H45NO2W. The molecule has 3 aliphatic rings. The molecule has 3 fully saturated rings. The number of carbonyl (C=O) groups is 1. The molecular weight excluding hydrogens is 518 g/mol. The van der Waals surface area contributed by atoms with Gasteiger partial charge in [-0.3, -0.25) is 4.79 Å². The van der Waals surface area contributed by atoms with E-state index in [1.165, 1.54) is 19.3 Å². The molecule has 0 radical (unpaired) electrons. The van der Waals surface area contributed by atoms with E-state index in [0.29, 0.717) is 5.41 Å². The monoisotopic (exact) mass is 563 g/mol. The van der Waals surface area contributed by atoms with Gasteiger partial charge in [-0.05, 0) is 56.1 Å². The van der Waals surface area contributed by atoms with Crippen LogP contribution in [-0.4, -0.2) is 18.1 Å². The van der Waals surface area contributed by atoms with Crippen LogP contribution in [0.1, 0.15) is 94.4 Å². The van der Waals surface area contributed by atoms with Crippen LogP contribution in [0, 0.1) is 5.41 Å². The van der Waals surface area contributed by atoms with Crippen LogP contribution in [-0.2, 0) is 25.9 Å². The standard InChI is InChI=1S/C17H23NO2.3C2H6.CH4.W/c1-16-7-10-17(11-8-16,12-9-16)18-15(19)13-20-14-5-3-2-4-6-14;3*1-2;;/h2-6H,7-13H2,1H3,(H,18,19);3*1-2H3;1H4;. The van der Waals surface area contributed by atoms with E-state index in [4.69, 9.17) is 4.74 Å². The summed E-state index contributed by atoms with van der Waals surface area (Å²) in [5.41, 5.74) is 0.585. The first-order valence-electron chi connectivity index (χ1n) is 10.6. The minimum atomic E-state index is 0. The molecule has 3 saturated carbocycles. The van der Waals surface area contributed by atoms with Gasteiger partial charge in [0.1, 0.15) is 5.75 Å². The van der Waals surface area contributed by atoms with Crippen LogP contribution in [0.3, 0.4) is 0 Å². The Hall–Kier alpha value is -0.822. The average molecular weight is 563 g/mol. The molecule has 0 saturated heterocycles. The maximum atomic E-state index is 12.1. The predicted octanol–water partition coefficient (Wildman–Crippen LogP) is 7.01. The number of hydrogen-bond donors (Lipinski definition) is 1. The summed E-state index contributed by atoms with van der Waals surface area (Å²) in [5, 5.41) is 3.24. The maximum absolute atomic E-state index is 12.1. The van der Waals surface area contributed by atoms with Crippen LogP contribution < -0.4 is 10.1 Å². The summed E-state index contributed by atoms with van der Waals surface area (Å²) in [7, 11) is 0. The Kier molecular flexibility index (Phi) is 19.4. The fraction of sp³-hybridized carbons (Fsp3) is 0.708. The first-order valence-corrected chi connectivity index (χ1v) is 10.6. The van der Waals surface area contributed by atoms with E-state index in [9.17, 15) is 4.79 Å². The van der Waals surface area contributed by atoms with Crippen molar-refractivity contribution in [2.45, 2.75) is 100.0 Å². The van der Waals surface area contributed by atoms with E-state index in [1.807, 2.05) is 71.9 Å². The van der Waals surface area contributed by atoms with Crippen LogP contribution in [0.25, 0.3) is 0 Å². The normalized spacial score (nSPS) is 23.4. The van der Waals surface area contributed by atoms with E-state index in [2.05, 4.69) is 12.2 Å². The van der Waals surface area contributed by atoms with Crippen LogP contribution in [0.4, 0.5) is 0 Å². The van der Waals surface area contributed by atoms with Crippen molar-refractivity contribution < 1.29 is 30.6 Å². The van der Waals surface area contributed by atoms with Crippen molar-refractivity contribution in [2.24, 2.45) is 5.41 Å². The molecule has 4 rings (SSSR count). The number of benzene rings is 1. The fourth-order valence-corrected chi connectivity index (χ4v) is 3.56. The second-order valence-corrected chi connectivity index (χ2v) is 6.74. The Morgan fingerprint density at radius 1 is 0.893 bits per heavy atom. The molecule has 164 valence electrons. The van der Waals surface area contributed by atoms with Gasteiger partial charge in [0, 0.05) is 26.6 Å². The molecule has 1 N–H and O–H groups in total. The number of fused-ring (bicyclic) bond motifs is 3. The van der Waals surface area contributed by atoms with Gasteiger partial charge in [0.05, 0.1) is 0 Å². The molecule has 28 heavy (non-hydrogen) atoms. The molecule has 3 aliphatic carbocycles. The third-order valence-corrected chi connectivity index (χ3v) is 5.14. The molecule has 0 atom stereocenters. The number of rotatable bonds is 4. The first-order chi connectivity index (χ1) is 12.6. The molecule has 1 aromatic rings. The van der Waals surface area contributed by atoms with Gasteiger partial charge in [-0.15, -0.1) is 0 Å². The number of amides is 1. The molecule has 0 heterocycles. The summed E-state index contributed by atoms with van der Waals surface area (Å²) >= 11 is 0. The Morgan fingerprint density at radius 3 is 1.75 bits per heavy atom. The topological polar surface area (TPSA) is 38.3 Å². The maximum Gasteiger partial charge on any atom is 0.258 e. The quantitative estimate of drug-likeness (QED) is 0.428. The smallest absolute Gasteiger partial charge is 0.258 e. The van der Waals surface area contributed by atoms with Crippen LogP contribution >= 0.6 is 0 Å². The molecule has 1 amide bonds. The average Bonchev–Trinajstić information content (AvgIpc) is 2.73. The van der Waals surface area contributed by atoms with Crippen molar-refractivity contribution in [1.82, 2.24) is 5.32 Å². The Bertz CT molecular complexity index is 466. The van der Waals surface area contributed by atoms with Crippen molar-refractivity contribution in [3.8, 4) is 5.75 Å². The minimum Gasteiger partial charge on any atom is -0.484 e. The summed E-state index contributed by atoms with van der Waals surface area (Å²) in [6.07, 6.45) is 7.11. The molecule has 1 aromatic carbocycles. The molecule has 3 nitrogen and oxygen atoms in total. The van der Waals surface area contributed by atoms with E-state index < -0.39 is 0 Å². The fourth-order valence-electron chi connectivity index (χ4n) is 3.56. The largest absolute Gasteiger partial charge is 0.484 e. The van der Waals surface area contributed by atoms with Crippen molar-refractivity contribution >= 4 is 5.91 Å². The van der Waals surface area contributed by atoms with Crippen LogP contribution in [0.15, 0.2) is 30.3 Å². The molecule has 0 aliphatic heterocycles. The number of nitrogens with one attached hydrogen (secondary N) is 1. The van der Waals surface area contributed by atoms with Gasteiger partial charge in [0.15, 0.2) is 6.61 Å². The van der Waals surface area contributed by atoms with Crippen LogP contribution in [0.2, 0.25) is 0 Å². The summed E-state index contributed by atoms with van der Waals surface area (Å²) in [6, 6.07) is 9.51. The molecule has 0 unspecified atom stereocenters. The van der Waals surface area contributed by atoms with Gasteiger partial charge in [-0.2, -0.15) is 0 Å². The number of carbonyl (C=O) groups excluding carboxylic acids is 1. The van der Waals surface area contributed by atoms with Crippen molar-refractivity contribution in [1.29, 1.82) is 0 Å². The second-order valence-electron chi connectivity index (χ2n) is 6.74. The van der Waals surface area contributed by atoms with E-state index in [1.54, 1.807) is 0 Å². The summed E-state index contributed by atoms with van der Waals surface area (Å²) in [6.45, 7) is 14.5. The van der Waals surface area contributed by atoms with Gasteiger partial charge in [-0.1, -0.05) is 74.1 Å². The third kappa shape index (κ3) is 10.1. The zero-order chi connectivity index (χ0) is 20.1. The number of ether oxygens (including phenoxy) is 1. The van der Waals surface area contributed by atoms with Gasteiger partial charge in [0.25, 0.3) is 5.91 Å². The van der Waals surface area contributed by atoms with E-state index in [0.717, 1.165) is 25.0 Å². The Morgan fingerprint density at radius 2 is 1.32 bits per heavy atom. The molecule has 4 heteroatoms. The zero-order valence-corrected chi connectivity index (χ0v) is 21.5. The predicted molar refractivity (Wildman–Crippen MR) is 119 cm³/mol. The molecule has 0 aromatic heterocycles. The Balaban J connectivity index is -0.000000716. The zero-order valence-electron chi connectivity index (χ0n) is 18.6. The Labute approximate surface area is 189 Å². The summed E-state index contributed by atoms with van der Waals surface area (Å²) < 4.78 is 5.52. The van der Waals surface area contributed by atoms with E-state index >= 15 is 0 Å². The minimum absolute atomic E-state index is 0. The van der Waals surface area contributed by atoms with Crippen molar-refractivity contribution in [2.75, 3.05) is 6.61 Å². The van der Waals surface area contributed by atoms with Gasteiger partial charge in [-0.25, -0.2) is 0 Å². The van der Waals surface area contributed by atoms with Gasteiger partial charge >= 0.3 is 0 Å². The number of para-hydroxylation sites is 1. The van der Waals surface area contributed by atoms with Crippen molar-refractivity contribution in [3.05, 3.63) is 30.3 Å². The van der Waals surface area contributed by atoms with E-state index in [-0.39, 0.29) is 46.5 Å². The first kappa shape index (κ1) is 31.9. The summed E-state index contributed by atoms with van der Waals surface area (Å²) in [4.78, 5) is 12.1.